The number of piperidine rings is 1. The van der Waals surface area contributed by atoms with E-state index in [0.29, 0.717) is 12.7 Å². The Hall–Kier alpha value is -2.42. The predicted octanol–water partition coefficient (Wildman–Crippen LogP) is 3.80. The minimum atomic E-state index is 0.148. The topological polar surface area (TPSA) is 54.5 Å². The Labute approximate surface area is 206 Å². The first-order chi connectivity index (χ1) is 16.6. The molecule has 7 nitrogen and oxygen atoms in total. The predicted molar refractivity (Wildman–Crippen MR) is 132 cm³/mol. The smallest absolute Gasteiger partial charge is 0.231 e. The molecule has 34 heavy (non-hydrogen) atoms. The lowest BCUT2D eigenvalue weighted by molar-refractivity contribution is -0.138. The maximum absolute atomic E-state index is 13.2. The normalized spacial score (nSPS) is 19.4. The molecule has 8 heteroatoms. The van der Waals surface area contributed by atoms with Gasteiger partial charge < -0.3 is 19.1 Å². The van der Waals surface area contributed by atoms with Gasteiger partial charge in [0.2, 0.25) is 12.7 Å². The van der Waals surface area contributed by atoms with E-state index in [1.165, 1.54) is 10.5 Å². The molecule has 2 fully saturated rings. The summed E-state index contributed by atoms with van der Waals surface area (Å²) in [6, 6.07) is 12.5. The molecule has 0 unspecified atom stereocenters. The average molecular weight is 484 g/mol. The molecule has 0 atom stereocenters. The van der Waals surface area contributed by atoms with Gasteiger partial charge in [-0.05, 0) is 73.2 Å². The van der Waals surface area contributed by atoms with E-state index in [0.717, 1.165) is 81.5 Å². The molecule has 3 aliphatic rings. The van der Waals surface area contributed by atoms with Gasteiger partial charge in [0.15, 0.2) is 11.5 Å². The van der Waals surface area contributed by atoms with Gasteiger partial charge >= 0.3 is 0 Å². The second kappa shape index (κ2) is 10.5. The molecule has 3 aliphatic heterocycles. The van der Waals surface area contributed by atoms with Crippen LogP contribution in [0.4, 0.5) is 0 Å². The molecule has 0 saturated carbocycles. The van der Waals surface area contributed by atoms with Crippen molar-refractivity contribution in [2.24, 2.45) is 5.92 Å². The largest absolute Gasteiger partial charge is 0.496 e. The van der Waals surface area contributed by atoms with Gasteiger partial charge in [0.1, 0.15) is 5.75 Å². The van der Waals surface area contributed by atoms with E-state index in [4.69, 9.17) is 14.2 Å². The molecule has 0 N–H and O–H groups in total. The Kier molecular flexibility index (Phi) is 7.18. The lowest BCUT2D eigenvalue weighted by Gasteiger charge is -2.38. The van der Waals surface area contributed by atoms with Crippen molar-refractivity contribution in [3.63, 3.8) is 0 Å². The number of rotatable bonds is 6. The van der Waals surface area contributed by atoms with Crippen molar-refractivity contribution in [3.8, 4) is 17.2 Å². The molecule has 3 heterocycles. The molecule has 5 rings (SSSR count). The van der Waals surface area contributed by atoms with Crippen molar-refractivity contribution in [2.45, 2.75) is 31.2 Å². The summed E-state index contributed by atoms with van der Waals surface area (Å²) in [6.07, 6.45) is 1.86. The van der Waals surface area contributed by atoms with Crippen LogP contribution in [0.15, 0.2) is 41.3 Å². The van der Waals surface area contributed by atoms with E-state index in [1.54, 1.807) is 19.1 Å². The molecule has 0 aliphatic carbocycles. The Morgan fingerprint density at radius 2 is 1.76 bits per heavy atom. The molecule has 2 aromatic carbocycles. The van der Waals surface area contributed by atoms with Gasteiger partial charge in [-0.15, -0.1) is 0 Å². The fourth-order valence-electron chi connectivity index (χ4n) is 4.93. The van der Waals surface area contributed by atoms with Gasteiger partial charge in [-0.25, -0.2) is 4.31 Å². The van der Waals surface area contributed by atoms with Crippen LogP contribution in [0, 0.1) is 12.8 Å². The molecule has 0 aromatic heterocycles. The van der Waals surface area contributed by atoms with Crippen LogP contribution in [0.2, 0.25) is 0 Å². The lowest BCUT2D eigenvalue weighted by atomic mass is 9.96. The van der Waals surface area contributed by atoms with Crippen molar-refractivity contribution in [1.82, 2.24) is 14.1 Å². The van der Waals surface area contributed by atoms with E-state index >= 15 is 0 Å². The number of amides is 1. The first-order valence-corrected chi connectivity index (χ1v) is 12.8. The number of hydrogen-bond acceptors (Lipinski definition) is 7. The van der Waals surface area contributed by atoms with Crippen LogP contribution >= 0.6 is 11.9 Å². The van der Waals surface area contributed by atoms with Crippen molar-refractivity contribution in [1.29, 1.82) is 0 Å². The number of carbonyl (C=O) groups is 1. The van der Waals surface area contributed by atoms with Gasteiger partial charge in [0.05, 0.1) is 7.11 Å². The zero-order chi connectivity index (χ0) is 23.5. The molecular formula is C26H33N3O4S. The number of methoxy groups -OCH3 is 1. The van der Waals surface area contributed by atoms with Crippen LogP contribution in [0.25, 0.3) is 0 Å². The van der Waals surface area contributed by atoms with Crippen molar-refractivity contribution in [3.05, 3.63) is 47.5 Å². The van der Waals surface area contributed by atoms with Crippen LogP contribution in [0.5, 0.6) is 17.2 Å². The highest BCUT2D eigenvalue weighted by Gasteiger charge is 2.31. The molecule has 0 spiro atoms. The van der Waals surface area contributed by atoms with Gasteiger partial charge in [-0.3, -0.25) is 9.69 Å². The van der Waals surface area contributed by atoms with Crippen LogP contribution in [-0.2, 0) is 11.3 Å². The zero-order valence-electron chi connectivity index (χ0n) is 20.0. The van der Waals surface area contributed by atoms with E-state index in [-0.39, 0.29) is 5.92 Å². The minimum Gasteiger partial charge on any atom is -0.496 e. The molecule has 1 amide bonds. The highest BCUT2D eigenvalue weighted by atomic mass is 32.2. The second-order valence-corrected chi connectivity index (χ2v) is 10.4. The van der Waals surface area contributed by atoms with Gasteiger partial charge in [0.25, 0.3) is 0 Å². The number of piperazine rings is 1. The number of benzene rings is 2. The van der Waals surface area contributed by atoms with E-state index in [9.17, 15) is 4.79 Å². The highest BCUT2D eigenvalue weighted by molar-refractivity contribution is 7.97. The Morgan fingerprint density at radius 1 is 1.00 bits per heavy atom. The second-order valence-electron chi connectivity index (χ2n) is 9.22. The molecule has 2 aromatic rings. The highest BCUT2D eigenvalue weighted by Crippen LogP contribution is 2.33. The third-order valence-electron chi connectivity index (χ3n) is 6.93. The number of ether oxygens (including phenoxy) is 3. The SMILES string of the molecule is COc1ccc(SN2CCC(C(=O)N3CCN(Cc4ccc5c(c4)OCO5)CC3)CC2)cc1C. The first-order valence-electron chi connectivity index (χ1n) is 12.1. The molecule has 0 radical (unpaired) electrons. The molecular weight excluding hydrogens is 450 g/mol. The van der Waals surface area contributed by atoms with Gasteiger partial charge in [0, 0.05) is 56.6 Å². The maximum atomic E-state index is 13.2. The molecule has 182 valence electrons. The summed E-state index contributed by atoms with van der Waals surface area (Å²) in [6.45, 7) is 8.57. The summed E-state index contributed by atoms with van der Waals surface area (Å²) >= 11 is 1.79. The van der Waals surface area contributed by atoms with Crippen LogP contribution < -0.4 is 14.2 Å². The average Bonchev–Trinajstić information content (AvgIpc) is 3.33. The number of nitrogens with zero attached hydrogens (tertiary/aromatic N) is 3. The van der Waals surface area contributed by atoms with Gasteiger partial charge in [-0.1, -0.05) is 6.07 Å². The Balaban J connectivity index is 1.06. The molecule has 2 saturated heterocycles. The third-order valence-corrected chi connectivity index (χ3v) is 8.02. The van der Waals surface area contributed by atoms with Crippen molar-refractivity contribution in [2.75, 3.05) is 53.2 Å². The molecule has 0 bridgehead atoms. The van der Waals surface area contributed by atoms with E-state index in [1.807, 2.05) is 12.1 Å². The standard InChI is InChI=1S/C26H33N3O4S/c1-19-15-22(4-6-23(19)31-2)34-29-9-7-21(8-10-29)26(30)28-13-11-27(12-14-28)17-20-3-5-24-25(16-20)33-18-32-24/h3-6,15-16,21H,7-14,17-18H2,1-2H3. The summed E-state index contributed by atoms with van der Waals surface area (Å²) < 4.78 is 18.6. The summed E-state index contributed by atoms with van der Waals surface area (Å²) in [5.41, 5.74) is 2.37. The summed E-state index contributed by atoms with van der Waals surface area (Å²) in [4.78, 5) is 18.9. The summed E-state index contributed by atoms with van der Waals surface area (Å²) in [7, 11) is 1.70. The number of fused-ring (bicyclic) bond motifs is 1. The van der Waals surface area contributed by atoms with Crippen LogP contribution in [0.3, 0.4) is 0 Å². The van der Waals surface area contributed by atoms with E-state index < -0.39 is 0 Å². The number of aryl methyl sites for hydroxylation is 1. The van der Waals surface area contributed by atoms with Crippen molar-refractivity contribution < 1.29 is 19.0 Å². The van der Waals surface area contributed by atoms with Crippen LogP contribution in [-0.4, -0.2) is 73.2 Å². The third kappa shape index (κ3) is 5.29. The maximum Gasteiger partial charge on any atom is 0.231 e. The van der Waals surface area contributed by atoms with Gasteiger partial charge in [-0.2, -0.15) is 0 Å². The zero-order valence-corrected chi connectivity index (χ0v) is 20.8. The lowest BCUT2D eigenvalue weighted by Crippen LogP contribution is -2.51. The summed E-state index contributed by atoms with van der Waals surface area (Å²) in [5, 5.41) is 0. The quantitative estimate of drug-likeness (QED) is 0.580. The fraction of sp³-hybridized carbons (Fsp3) is 0.500. The van der Waals surface area contributed by atoms with Crippen molar-refractivity contribution >= 4 is 17.9 Å². The summed E-state index contributed by atoms with van der Waals surface area (Å²) in [5.74, 6) is 3.06. The number of carbonyl (C=O) groups excluding carboxylic acids is 1. The Morgan fingerprint density at radius 3 is 2.50 bits per heavy atom. The monoisotopic (exact) mass is 483 g/mol. The Bertz CT molecular complexity index is 1020. The number of hydrogen-bond donors (Lipinski definition) is 0. The minimum absolute atomic E-state index is 0.148. The first kappa shape index (κ1) is 23.3. The van der Waals surface area contributed by atoms with E-state index in [2.05, 4.69) is 45.3 Å². The fourth-order valence-corrected chi connectivity index (χ4v) is 5.98. The van der Waals surface area contributed by atoms with Crippen LogP contribution in [0.1, 0.15) is 24.0 Å².